The van der Waals surface area contributed by atoms with Crippen LogP contribution < -0.4 is 29.1 Å². The minimum atomic E-state index is -0.557. The second-order valence-corrected chi connectivity index (χ2v) is 35.9. The van der Waals surface area contributed by atoms with Crippen LogP contribution in [-0.2, 0) is 47.5 Å². The maximum absolute atomic E-state index is 9.24. The topological polar surface area (TPSA) is 67.1 Å². The maximum atomic E-state index is 9.24. The van der Waals surface area contributed by atoms with Gasteiger partial charge in [-0.1, -0.05) is 314 Å². The Labute approximate surface area is 846 Å². The summed E-state index contributed by atoms with van der Waals surface area (Å²) in [4.78, 5) is 18.1. The van der Waals surface area contributed by atoms with Crippen LogP contribution in [0, 0.1) is 98.8 Å². The number of benzene rings is 14. The van der Waals surface area contributed by atoms with Crippen LogP contribution in [0.15, 0.2) is 345 Å². The van der Waals surface area contributed by atoms with E-state index in [1.54, 1.807) is 42.5 Å². The monoisotopic (exact) mass is 2110 g/mol. The molecule has 2 saturated heterocycles. The molecule has 0 radical (unpaired) electrons. The molecular formula is C120H102N8O2Pt2-6. The molecule has 132 heavy (non-hydrogen) atoms. The van der Waals surface area contributed by atoms with Crippen LogP contribution in [0.4, 0.5) is 22.7 Å². The molecule has 2 aliphatic heterocycles. The summed E-state index contributed by atoms with van der Waals surface area (Å²) in [5, 5.41) is 3.60. The summed E-state index contributed by atoms with van der Waals surface area (Å²) in [6, 6.07) is 45.9. The number of hydrogen-bond donors (Lipinski definition) is 0. The van der Waals surface area contributed by atoms with Crippen molar-refractivity contribution in [2.24, 2.45) is 47.3 Å². The molecule has 4 bridgehead atoms. The molecule has 660 valence electrons. The summed E-state index contributed by atoms with van der Waals surface area (Å²) in [5.41, 5.74) is 8.40. The normalized spacial score (nSPS) is 24.1. The SMILES string of the molecule is [2H]c1c([2H])c([2H])c(-c2cnc(-n3c4[c-]c(Oc5[c-]c(N6[CH-]N(c7c(-c8c([2H])c([2H])c([2H])c([2H])c8[2H])cccc7-c7c([2H])c([2H])c([2H])c([2H])c7[2H])C7C8C[C@@H](C(C)C8C)[C@@H]76)cc(C(C)(C)C)c5)ccc4c4ccccc43)cc2C)c([2H])c1[2H].[2H]c1c([2H])c([2H])c(-c2cnc(-n3c4[c-]c(Oc5[c-]c(N6[CH-]N(c7c(-c8c([2H])c([2H])c([2H])c([2H])c8[2H])cccc7-c7c([2H])c([2H])c([2H])c([2H])c7[2H])C7C8C[C@@H](C(C)C8C)[C@@H]76)ccc5)ccc4c4ccccc43)cc2C)c([2H])c1[2H].[Pt].[Pt]. The maximum Gasteiger partial charge on any atom is 0.135 e. The molecule has 4 aromatic heterocycles. The van der Waals surface area contributed by atoms with Gasteiger partial charge in [0, 0.05) is 157 Å². The second kappa shape index (κ2) is 35.0. The Hall–Kier alpha value is -12.8. The number of hydrogen-bond acceptors (Lipinski definition) is 8. The zero-order chi connectivity index (χ0) is 114. The van der Waals surface area contributed by atoms with Crippen LogP contribution in [-0.4, -0.2) is 43.3 Å². The smallest absolute Gasteiger partial charge is 0.135 e. The zero-order valence-corrected chi connectivity index (χ0v) is 77.7. The van der Waals surface area contributed by atoms with Gasteiger partial charge in [0.2, 0.25) is 0 Å². The van der Waals surface area contributed by atoms with Gasteiger partial charge in [-0.3, -0.25) is 0 Å². The second-order valence-electron chi connectivity index (χ2n) is 35.9. The van der Waals surface area contributed by atoms with E-state index in [-0.39, 0.29) is 188 Å². The van der Waals surface area contributed by atoms with Crippen LogP contribution in [0.5, 0.6) is 23.0 Å². The number of fused-ring (bicyclic) bond motifs is 16. The van der Waals surface area contributed by atoms with Crippen molar-refractivity contribution in [1.29, 1.82) is 0 Å². The van der Waals surface area contributed by atoms with Crippen molar-refractivity contribution < 1.29 is 92.7 Å². The molecule has 12 heteroatoms. The zero-order valence-electron chi connectivity index (χ0n) is 103. The summed E-state index contributed by atoms with van der Waals surface area (Å²) in [6.45, 7) is 22.8. The van der Waals surface area contributed by atoms with Crippen molar-refractivity contribution in [1.82, 2.24) is 19.1 Å². The first-order valence-corrected chi connectivity index (χ1v) is 43.9. The number of aryl methyl sites for hydroxylation is 2. The Balaban J connectivity index is 0.000000184. The van der Waals surface area contributed by atoms with Crippen molar-refractivity contribution >= 4 is 66.4 Å². The van der Waals surface area contributed by atoms with E-state index in [0.29, 0.717) is 96.6 Å². The van der Waals surface area contributed by atoms with E-state index in [1.165, 1.54) is 12.4 Å². The molecule has 18 aromatic rings. The van der Waals surface area contributed by atoms with Gasteiger partial charge in [0.15, 0.2) is 0 Å². The first-order valence-electron chi connectivity index (χ1n) is 58.9. The minimum absolute atomic E-state index is 0. The van der Waals surface area contributed by atoms with Gasteiger partial charge >= 0.3 is 0 Å². The number of pyridine rings is 2. The van der Waals surface area contributed by atoms with Crippen LogP contribution in [0.2, 0.25) is 0 Å². The van der Waals surface area contributed by atoms with E-state index < -0.39 is 163 Å². The molecule has 14 aromatic carbocycles. The molecule has 8 unspecified atom stereocenters. The molecule has 24 rings (SSSR count). The van der Waals surface area contributed by atoms with Crippen molar-refractivity contribution in [3.63, 3.8) is 0 Å². The third-order valence-electron chi connectivity index (χ3n) is 28.1. The fourth-order valence-electron chi connectivity index (χ4n) is 21.8. The number of nitrogens with zero attached hydrogens (tertiary/aromatic N) is 8. The molecule has 0 amide bonds. The molecule has 6 heterocycles. The Kier molecular flexibility index (Phi) is 15.4. The minimum Gasteiger partial charge on any atom is -0.519 e. The number of aromatic nitrogens is 4. The van der Waals surface area contributed by atoms with Crippen LogP contribution in [0.1, 0.15) is 119 Å². The number of para-hydroxylation sites is 4. The average Bonchev–Trinajstić information content (AvgIpc) is 1.53. The van der Waals surface area contributed by atoms with E-state index >= 15 is 0 Å². The van der Waals surface area contributed by atoms with Crippen LogP contribution >= 0.6 is 0 Å². The molecule has 6 aliphatic rings. The Morgan fingerprint density at radius 2 is 0.674 bits per heavy atom. The molecule has 4 aliphatic carbocycles. The molecule has 0 N–H and O–H groups in total. The van der Waals surface area contributed by atoms with Gasteiger partial charge in [0.25, 0.3) is 0 Å². The molecule has 10 nitrogen and oxygen atoms in total. The fourth-order valence-corrected chi connectivity index (χ4v) is 21.8. The van der Waals surface area contributed by atoms with E-state index in [1.807, 2.05) is 144 Å². The third kappa shape index (κ3) is 15.0. The quantitative estimate of drug-likeness (QED) is 0.0887. The van der Waals surface area contributed by atoms with Crippen molar-refractivity contribution in [2.75, 3.05) is 19.6 Å². The Morgan fingerprint density at radius 1 is 0.341 bits per heavy atom. The average molecular weight is 2110 g/mol. The fraction of sp³-hybridized carbons (Fsp3) is 0.200. The van der Waals surface area contributed by atoms with Gasteiger partial charge in [-0.15, -0.1) is 82.3 Å². The molecule has 12 atom stereocenters. The standard InChI is InChI=1S/C62H55N4O.C58H47N4O.2Pt/c1-39-31-58(63-37-55(39)44-23-14-9-15-24-44)66-56-28-17-16-25-51(56)52-30-29-47(35-57(52)66)67-48-33-45(62(4,5)6)32-46(34-48)64-38-65(61-54-36-53(60(61)64)40(2)41(54)3)59-49(42-19-10-7-11-20-42)26-18-27-50(59)43-21-12-8-13-22-43;1-37-31-55(59-35-52(37)42-21-11-6-12-22-42)62-53-28-14-13-25-48(53)49-30-29-45(33-54(49)62)63-44-24-15-23-43(32-44)60-36-61(58-51-34-50(57(58)60)38(2)39(51)3)56-46(40-17-7-4-8-18-40)26-16-27-47(56)41-19-9-5-10-20-41;;/h7-33,37-38,40-41,53-54,60-61H,36H2,1-6H3;4-31,35-36,38-39,50-51,57-58H,34H2,1-3H3;;/q2*-3;;/t40?,41?,53-,54?,60-,61?;38?,39?,50-,51?,57-,58?;;/m00../s1/i7D,8D,9D,10D,11D,12D,13D,14D,15D,19D,20D,21D,22D,23D,24D;4D,5D,6D,7D,8D,9D,10D,11D,12D,17D,18D,19D,20D,21D,22D;;. The Morgan fingerprint density at radius 3 is 1.05 bits per heavy atom. The van der Waals surface area contributed by atoms with Gasteiger partial charge in [-0.25, -0.2) is 9.97 Å². The number of ether oxygens (including phenoxy) is 2. The summed E-state index contributed by atoms with van der Waals surface area (Å²) in [6.07, 6.45) is 4.79. The van der Waals surface area contributed by atoms with Gasteiger partial charge < -0.3 is 38.2 Å². The first-order chi connectivity index (χ1) is 76.0. The summed E-state index contributed by atoms with van der Waals surface area (Å²) < 4.78 is 278. The van der Waals surface area contributed by atoms with Crippen molar-refractivity contribution in [2.45, 2.75) is 105 Å². The van der Waals surface area contributed by atoms with Crippen molar-refractivity contribution in [3.8, 4) is 101 Å². The van der Waals surface area contributed by atoms with E-state index in [9.17, 15) is 5.48 Å². The van der Waals surface area contributed by atoms with Gasteiger partial charge in [0.05, 0.1) is 41.1 Å². The Bertz CT molecular complexity index is 8980. The van der Waals surface area contributed by atoms with Gasteiger partial charge in [-0.2, -0.15) is 37.6 Å². The summed E-state index contributed by atoms with van der Waals surface area (Å²) in [7, 11) is 0. The molecule has 6 fully saturated rings. The van der Waals surface area contributed by atoms with Gasteiger partial charge in [-0.05, 0) is 159 Å². The number of anilines is 4. The third-order valence-corrected chi connectivity index (χ3v) is 28.1. The van der Waals surface area contributed by atoms with Crippen LogP contribution in [0.3, 0.4) is 0 Å². The molecular weight excluding hydrogens is 1980 g/mol. The molecule has 0 spiro atoms. The van der Waals surface area contributed by atoms with Crippen LogP contribution in [0.25, 0.3) is 122 Å². The predicted octanol–water partition coefficient (Wildman–Crippen LogP) is 29.3. The van der Waals surface area contributed by atoms with E-state index in [0.717, 1.165) is 51.0 Å². The first kappa shape index (κ1) is 58.1. The van der Waals surface area contributed by atoms with Crippen molar-refractivity contribution in [3.05, 3.63) is 400 Å². The number of rotatable bonds is 16. The largest absolute Gasteiger partial charge is 0.519 e. The summed E-state index contributed by atoms with van der Waals surface area (Å²) in [5.74, 6) is 4.14. The summed E-state index contributed by atoms with van der Waals surface area (Å²) >= 11 is 0. The van der Waals surface area contributed by atoms with E-state index in [4.69, 9.17) is 55.1 Å². The van der Waals surface area contributed by atoms with E-state index in [2.05, 4.69) is 93.5 Å². The molecule has 4 saturated carbocycles. The van der Waals surface area contributed by atoms with Gasteiger partial charge in [0.1, 0.15) is 11.6 Å². The predicted molar refractivity (Wildman–Crippen MR) is 533 cm³/mol.